The predicted octanol–water partition coefficient (Wildman–Crippen LogP) is 2.36. The summed E-state index contributed by atoms with van der Waals surface area (Å²) in [5.41, 5.74) is 0.702. The van der Waals surface area contributed by atoms with Crippen molar-refractivity contribution in [1.29, 1.82) is 0 Å². The maximum atomic E-state index is 12.2. The average Bonchev–Trinajstić information content (AvgIpc) is 2.86. The van der Waals surface area contributed by atoms with Gasteiger partial charge in [0.2, 0.25) is 0 Å². The number of carbonyl (C=O) groups excluding carboxylic acids is 1. The van der Waals surface area contributed by atoms with E-state index in [1.54, 1.807) is 26.4 Å². The topological polar surface area (TPSA) is 38.8 Å². The van der Waals surface area contributed by atoms with Gasteiger partial charge >= 0.3 is 0 Å². The van der Waals surface area contributed by atoms with Crippen LogP contribution in [0.2, 0.25) is 0 Å². The second kappa shape index (κ2) is 6.50. The van der Waals surface area contributed by atoms with Gasteiger partial charge in [-0.3, -0.25) is 9.69 Å². The van der Waals surface area contributed by atoms with Gasteiger partial charge in [-0.05, 0) is 40.5 Å². The van der Waals surface area contributed by atoms with E-state index in [0.29, 0.717) is 12.1 Å². The van der Waals surface area contributed by atoms with E-state index < -0.39 is 0 Å². The number of halogens is 1. The minimum Gasteiger partial charge on any atom is -0.496 e. The fourth-order valence-corrected chi connectivity index (χ4v) is 2.81. The zero-order valence-electron chi connectivity index (χ0n) is 11.2. The molecule has 5 heteroatoms. The Morgan fingerprint density at radius 1 is 1.47 bits per heavy atom. The molecule has 0 saturated carbocycles. The Morgan fingerprint density at radius 2 is 2.26 bits per heavy atom. The fourth-order valence-electron chi connectivity index (χ4n) is 2.27. The zero-order valence-corrected chi connectivity index (χ0v) is 12.8. The number of hydrogen-bond donors (Lipinski definition) is 0. The second-order valence-corrected chi connectivity index (χ2v) is 5.51. The molecule has 0 bridgehead atoms. The lowest BCUT2D eigenvalue weighted by atomic mass is 10.1. The summed E-state index contributed by atoms with van der Waals surface area (Å²) in [5, 5.41) is 0. The van der Waals surface area contributed by atoms with Crippen molar-refractivity contribution in [2.45, 2.75) is 12.5 Å². The van der Waals surface area contributed by atoms with Gasteiger partial charge in [-0.25, -0.2) is 0 Å². The third-order valence-corrected chi connectivity index (χ3v) is 4.02. The van der Waals surface area contributed by atoms with Crippen LogP contribution in [0, 0.1) is 0 Å². The summed E-state index contributed by atoms with van der Waals surface area (Å²) in [6.45, 7) is 2.19. The Morgan fingerprint density at radius 3 is 2.84 bits per heavy atom. The van der Waals surface area contributed by atoms with Crippen LogP contribution in [-0.4, -0.2) is 50.6 Å². The van der Waals surface area contributed by atoms with Gasteiger partial charge in [0.1, 0.15) is 5.75 Å². The maximum Gasteiger partial charge on any atom is 0.176 e. The summed E-state index contributed by atoms with van der Waals surface area (Å²) in [4.78, 5) is 14.3. The highest BCUT2D eigenvalue weighted by atomic mass is 79.9. The van der Waals surface area contributed by atoms with Crippen LogP contribution in [0.5, 0.6) is 5.75 Å². The second-order valence-electron chi connectivity index (χ2n) is 4.65. The van der Waals surface area contributed by atoms with E-state index in [0.717, 1.165) is 29.7 Å². The van der Waals surface area contributed by atoms with Gasteiger partial charge in [0.25, 0.3) is 0 Å². The number of ketones is 1. The van der Waals surface area contributed by atoms with E-state index in [9.17, 15) is 4.79 Å². The lowest BCUT2D eigenvalue weighted by Gasteiger charge is -2.14. The molecule has 2 rings (SSSR count). The van der Waals surface area contributed by atoms with Crippen molar-refractivity contribution < 1.29 is 14.3 Å². The molecule has 1 fully saturated rings. The lowest BCUT2D eigenvalue weighted by molar-refractivity contribution is 0.0899. The molecule has 1 saturated heterocycles. The molecule has 1 aromatic rings. The largest absolute Gasteiger partial charge is 0.496 e. The number of ether oxygens (including phenoxy) is 2. The fraction of sp³-hybridized carbons (Fsp3) is 0.500. The Balaban J connectivity index is 1.98. The van der Waals surface area contributed by atoms with E-state index in [2.05, 4.69) is 20.8 Å². The molecular formula is C14H18BrNO3. The van der Waals surface area contributed by atoms with Crippen molar-refractivity contribution >= 4 is 21.7 Å². The van der Waals surface area contributed by atoms with Crippen LogP contribution in [0.1, 0.15) is 16.8 Å². The number of likely N-dealkylation sites (tertiary alicyclic amines) is 1. The van der Waals surface area contributed by atoms with Crippen LogP contribution < -0.4 is 4.74 Å². The van der Waals surface area contributed by atoms with Gasteiger partial charge < -0.3 is 9.47 Å². The minimum atomic E-state index is 0.125. The first-order valence-electron chi connectivity index (χ1n) is 6.26. The summed E-state index contributed by atoms with van der Waals surface area (Å²) in [6.07, 6.45) is 1.26. The van der Waals surface area contributed by atoms with Crippen molar-refractivity contribution in [2.24, 2.45) is 0 Å². The van der Waals surface area contributed by atoms with Crippen molar-refractivity contribution in [3.63, 3.8) is 0 Å². The molecule has 1 atom stereocenters. The highest BCUT2D eigenvalue weighted by Gasteiger charge is 2.24. The molecule has 1 unspecified atom stereocenters. The first kappa shape index (κ1) is 14.5. The van der Waals surface area contributed by atoms with Crippen LogP contribution in [0.3, 0.4) is 0 Å². The standard InChI is InChI=1S/C14H18BrNO3/c1-18-11-5-6-16(8-11)9-13(17)10-3-4-14(19-2)12(15)7-10/h3-4,7,11H,5-6,8-9H2,1-2H3. The Kier molecular flexibility index (Phi) is 4.96. The van der Waals surface area contributed by atoms with Crippen molar-refractivity contribution in [2.75, 3.05) is 33.9 Å². The third-order valence-electron chi connectivity index (χ3n) is 3.40. The number of rotatable bonds is 5. The van der Waals surface area contributed by atoms with Crippen LogP contribution >= 0.6 is 15.9 Å². The van der Waals surface area contributed by atoms with Gasteiger partial charge in [-0.15, -0.1) is 0 Å². The highest BCUT2D eigenvalue weighted by molar-refractivity contribution is 9.10. The Hall–Kier alpha value is -0.910. The van der Waals surface area contributed by atoms with E-state index in [-0.39, 0.29) is 11.9 Å². The quantitative estimate of drug-likeness (QED) is 0.778. The average molecular weight is 328 g/mol. The zero-order chi connectivity index (χ0) is 13.8. The van der Waals surface area contributed by atoms with Crippen LogP contribution in [0.15, 0.2) is 22.7 Å². The number of nitrogens with zero attached hydrogens (tertiary/aromatic N) is 1. The molecule has 1 aliphatic rings. The van der Waals surface area contributed by atoms with Crippen LogP contribution in [0.25, 0.3) is 0 Å². The van der Waals surface area contributed by atoms with E-state index in [1.165, 1.54) is 0 Å². The molecule has 0 spiro atoms. The predicted molar refractivity (Wildman–Crippen MR) is 76.9 cm³/mol. The Labute approximate surface area is 121 Å². The molecule has 1 aromatic carbocycles. The van der Waals surface area contributed by atoms with Gasteiger partial charge in [-0.2, -0.15) is 0 Å². The summed E-state index contributed by atoms with van der Waals surface area (Å²) in [5.74, 6) is 0.859. The molecule has 1 aliphatic heterocycles. The van der Waals surface area contributed by atoms with E-state index in [1.807, 2.05) is 6.07 Å². The van der Waals surface area contributed by atoms with Crippen molar-refractivity contribution in [3.05, 3.63) is 28.2 Å². The minimum absolute atomic E-state index is 0.125. The van der Waals surface area contributed by atoms with Gasteiger partial charge in [0, 0.05) is 25.8 Å². The van der Waals surface area contributed by atoms with Gasteiger partial charge in [0.05, 0.1) is 24.2 Å². The molecule has 0 aliphatic carbocycles. The number of hydrogen-bond acceptors (Lipinski definition) is 4. The maximum absolute atomic E-state index is 12.2. The van der Waals surface area contributed by atoms with E-state index in [4.69, 9.17) is 9.47 Å². The summed E-state index contributed by atoms with van der Waals surface area (Å²) < 4.78 is 11.3. The Bertz CT molecular complexity index is 464. The molecule has 104 valence electrons. The summed E-state index contributed by atoms with van der Waals surface area (Å²) >= 11 is 3.40. The van der Waals surface area contributed by atoms with Gasteiger partial charge in [-0.1, -0.05) is 0 Å². The number of carbonyl (C=O) groups is 1. The van der Waals surface area contributed by atoms with Gasteiger partial charge in [0.15, 0.2) is 5.78 Å². The van der Waals surface area contributed by atoms with Crippen LogP contribution in [0.4, 0.5) is 0 Å². The summed E-state index contributed by atoms with van der Waals surface area (Å²) in [7, 11) is 3.33. The van der Waals surface area contributed by atoms with Crippen LogP contribution in [-0.2, 0) is 4.74 Å². The SMILES string of the molecule is COc1ccc(C(=O)CN2CCC(OC)C2)cc1Br. The first-order valence-corrected chi connectivity index (χ1v) is 7.05. The van der Waals surface area contributed by atoms with E-state index >= 15 is 0 Å². The normalized spacial score (nSPS) is 19.6. The molecule has 4 nitrogen and oxygen atoms in total. The smallest absolute Gasteiger partial charge is 0.176 e. The summed E-state index contributed by atoms with van der Waals surface area (Å²) in [6, 6.07) is 5.42. The first-order chi connectivity index (χ1) is 9.13. The molecule has 0 N–H and O–H groups in total. The number of benzene rings is 1. The van der Waals surface area contributed by atoms with Crippen molar-refractivity contribution in [3.8, 4) is 5.75 Å². The number of methoxy groups -OCH3 is 2. The molecule has 0 radical (unpaired) electrons. The molecule has 19 heavy (non-hydrogen) atoms. The number of Topliss-reactive ketones (excluding diaryl/α,β-unsaturated/α-hetero) is 1. The molecular weight excluding hydrogens is 310 g/mol. The molecule has 0 aromatic heterocycles. The monoisotopic (exact) mass is 327 g/mol. The highest BCUT2D eigenvalue weighted by Crippen LogP contribution is 2.26. The lowest BCUT2D eigenvalue weighted by Crippen LogP contribution is -2.29. The third kappa shape index (κ3) is 3.55. The van der Waals surface area contributed by atoms with Crippen molar-refractivity contribution in [1.82, 2.24) is 4.90 Å². The molecule has 0 amide bonds. The molecule has 1 heterocycles.